The van der Waals surface area contributed by atoms with E-state index in [1.807, 2.05) is 0 Å². The van der Waals surface area contributed by atoms with Crippen molar-refractivity contribution in [2.75, 3.05) is 13.2 Å². The summed E-state index contributed by atoms with van der Waals surface area (Å²) in [7, 11) is 0. The van der Waals surface area contributed by atoms with Crippen molar-refractivity contribution in [3.05, 3.63) is 85.1 Å². The zero-order valence-corrected chi connectivity index (χ0v) is 38.9. The van der Waals surface area contributed by atoms with Gasteiger partial charge >= 0.3 is 17.9 Å². The Morgan fingerprint density at radius 3 is 1.07 bits per heavy atom. The van der Waals surface area contributed by atoms with E-state index in [1.165, 1.54) is 57.8 Å². The van der Waals surface area contributed by atoms with Crippen molar-refractivity contribution in [1.29, 1.82) is 0 Å². The van der Waals surface area contributed by atoms with Gasteiger partial charge in [0.1, 0.15) is 13.2 Å². The molecule has 0 saturated heterocycles. The van der Waals surface area contributed by atoms with Gasteiger partial charge in [-0.15, -0.1) is 0 Å². The lowest BCUT2D eigenvalue weighted by Crippen LogP contribution is -2.30. The number of ether oxygens (including phenoxy) is 3. The van der Waals surface area contributed by atoms with Crippen LogP contribution >= 0.6 is 0 Å². The van der Waals surface area contributed by atoms with Gasteiger partial charge in [0, 0.05) is 19.3 Å². The Labute approximate surface area is 369 Å². The molecule has 0 rings (SSSR count). The minimum atomic E-state index is -0.787. The zero-order chi connectivity index (χ0) is 43.7. The van der Waals surface area contributed by atoms with Crippen LogP contribution in [-0.4, -0.2) is 37.2 Å². The quantitative estimate of drug-likeness (QED) is 0.0263. The molecule has 0 aromatic heterocycles. The van der Waals surface area contributed by atoms with Crippen molar-refractivity contribution >= 4 is 17.9 Å². The SMILES string of the molecule is CC/C=C\C/C=C\C/C=C\C/C=C\C/C=C\C/C=C\CCCCCCC(=O)OCC(COC(=O)CCCCCCCCC)OC(=O)CCCCCCC/C=C\CCCCC. The van der Waals surface area contributed by atoms with E-state index in [1.54, 1.807) is 0 Å². The van der Waals surface area contributed by atoms with Crippen molar-refractivity contribution in [2.45, 2.75) is 226 Å². The van der Waals surface area contributed by atoms with Crippen molar-refractivity contribution in [2.24, 2.45) is 0 Å². The molecule has 0 aliphatic heterocycles. The van der Waals surface area contributed by atoms with E-state index in [0.717, 1.165) is 122 Å². The van der Waals surface area contributed by atoms with Crippen LogP contribution in [0.2, 0.25) is 0 Å². The van der Waals surface area contributed by atoms with Gasteiger partial charge in [0.2, 0.25) is 0 Å². The Kier molecular flexibility index (Phi) is 45.5. The Hall–Kier alpha value is -3.41. The summed E-state index contributed by atoms with van der Waals surface area (Å²) in [6, 6.07) is 0. The minimum absolute atomic E-state index is 0.0884. The summed E-state index contributed by atoms with van der Waals surface area (Å²) < 4.78 is 16.7. The predicted octanol–water partition coefficient (Wildman–Crippen LogP) is 16.0. The van der Waals surface area contributed by atoms with E-state index >= 15 is 0 Å². The van der Waals surface area contributed by atoms with Gasteiger partial charge in [0.05, 0.1) is 0 Å². The van der Waals surface area contributed by atoms with E-state index < -0.39 is 6.10 Å². The van der Waals surface area contributed by atoms with Crippen LogP contribution < -0.4 is 0 Å². The first-order valence-corrected chi connectivity index (χ1v) is 24.6. The highest BCUT2D eigenvalue weighted by atomic mass is 16.6. The number of hydrogen-bond acceptors (Lipinski definition) is 6. The Morgan fingerprint density at radius 1 is 0.350 bits per heavy atom. The third-order valence-electron chi connectivity index (χ3n) is 10.1. The molecule has 0 saturated carbocycles. The smallest absolute Gasteiger partial charge is 0.306 e. The van der Waals surface area contributed by atoms with Gasteiger partial charge in [-0.1, -0.05) is 189 Å². The first kappa shape index (κ1) is 56.6. The molecule has 1 atom stereocenters. The lowest BCUT2D eigenvalue weighted by molar-refractivity contribution is -0.167. The average molecular weight is 835 g/mol. The summed E-state index contributed by atoms with van der Waals surface area (Å²) in [5.41, 5.74) is 0. The highest BCUT2D eigenvalue weighted by Crippen LogP contribution is 2.13. The van der Waals surface area contributed by atoms with Crippen LogP contribution in [0.4, 0.5) is 0 Å². The molecule has 0 amide bonds. The standard InChI is InChI=1S/C54H90O6/c1-4-7-10-13-16-18-20-22-23-24-25-26-27-28-29-30-31-32-34-35-38-41-44-47-53(56)59-50-51(49-58-52(55)46-43-40-37-15-12-9-6-3)60-54(57)48-45-42-39-36-33-21-19-17-14-11-8-5-2/h7,10,16-19,22-23,25-26,28-29,31-32,51H,4-6,8-9,11-15,20-21,24,27,30,33-50H2,1-3H3/b10-7-,18-16-,19-17-,23-22-,26-25-,29-28-,32-31-. The molecule has 60 heavy (non-hydrogen) atoms. The maximum atomic E-state index is 12.7. The monoisotopic (exact) mass is 835 g/mol. The second kappa shape index (κ2) is 48.3. The molecule has 0 aliphatic rings. The summed E-state index contributed by atoms with van der Waals surface area (Å²) in [5, 5.41) is 0. The lowest BCUT2D eigenvalue weighted by Gasteiger charge is -2.18. The summed E-state index contributed by atoms with van der Waals surface area (Å²) in [6.07, 6.45) is 61.5. The summed E-state index contributed by atoms with van der Waals surface area (Å²) in [6.45, 7) is 6.41. The van der Waals surface area contributed by atoms with Crippen LogP contribution in [-0.2, 0) is 28.6 Å². The van der Waals surface area contributed by atoms with E-state index in [9.17, 15) is 14.4 Å². The van der Waals surface area contributed by atoms with Crippen LogP contribution in [0.25, 0.3) is 0 Å². The highest BCUT2D eigenvalue weighted by molar-refractivity contribution is 5.71. The highest BCUT2D eigenvalue weighted by Gasteiger charge is 2.19. The molecule has 0 spiro atoms. The Bertz CT molecular complexity index is 1190. The van der Waals surface area contributed by atoms with Gasteiger partial charge in [-0.3, -0.25) is 14.4 Å². The van der Waals surface area contributed by atoms with Gasteiger partial charge in [-0.05, 0) is 96.3 Å². The van der Waals surface area contributed by atoms with E-state index in [-0.39, 0.29) is 31.1 Å². The van der Waals surface area contributed by atoms with E-state index in [4.69, 9.17) is 14.2 Å². The predicted molar refractivity (Wildman–Crippen MR) is 256 cm³/mol. The maximum absolute atomic E-state index is 12.7. The van der Waals surface area contributed by atoms with Crippen molar-refractivity contribution < 1.29 is 28.6 Å². The normalized spacial score (nSPS) is 12.8. The lowest BCUT2D eigenvalue weighted by atomic mass is 10.1. The van der Waals surface area contributed by atoms with Crippen molar-refractivity contribution in [1.82, 2.24) is 0 Å². The summed E-state index contributed by atoms with van der Waals surface area (Å²) in [4.78, 5) is 37.7. The molecule has 0 aromatic rings. The molecule has 6 nitrogen and oxygen atoms in total. The number of allylic oxidation sites excluding steroid dienone is 14. The van der Waals surface area contributed by atoms with Gasteiger partial charge in [-0.2, -0.15) is 0 Å². The second-order valence-corrected chi connectivity index (χ2v) is 16.0. The molecule has 0 radical (unpaired) electrons. The fourth-order valence-electron chi connectivity index (χ4n) is 6.44. The summed E-state index contributed by atoms with van der Waals surface area (Å²) >= 11 is 0. The molecule has 1 unspecified atom stereocenters. The van der Waals surface area contributed by atoms with Gasteiger partial charge in [0.25, 0.3) is 0 Å². The first-order chi connectivity index (χ1) is 29.5. The van der Waals surface area contributed by atoms with E-state index in [2.05, 4.69) is 106 Å². The van der Waals surface area contributed by atoms with Gasteiger partial charge in [0.15, 0.2) is 6.10 Å². The van der Waals surface area contributed by atoms with Crippen LogP contribution in [0, 0.1) is 0 Å². The molecule has 0 fully saturated rings. The van der Waals surface area contributed by atoms with Crippen LogP contribution in [0.3, 0.4) is 0 Å². The van der Waals surface area contributed by atoms with Crippen LogP contribution in [0.15, 0.2) is 85.1 Å². The molecule has 0 heterocycles. The molecular weight excluding hydrogens is 745 g/mol. The molecule has 0 aromatic carbocycles. The fraction of sp³-hybridized carbons (Fsp3) is 0.685. The fourth-order valence-corrected chi connectivity index (χ4v) is 6.44. The topological polar surface area (TPSA) is 78.9 Å². The number of unbranched alkanes of at least 4 members (excludes halogenated alkanes) is 18. The Balaban J connectivity index is 4.30. The Morgan fingerprint density at radius 2 is 0.650 bits per heavy atom. The zero-order valence-electron chi connectivity index (χ0n) is 38.9. The van der Waals surface area contributed by atoms with Crippen molar-refractivity contribution in [3.63, 3.8) is 0 Å². The van der Waals surface area contributed by atoms with Gasteiger partial charge < -0.3 is 14.2 Å². The average Bonchev–Trinajstić information content (AvgIpc) is 3.24. The number of carbonyl (C=O) groups excluding carboxylic acids is 3. The molecular formula is C54H90O6. The van der Waals surface area contributed by atoms with E-state index in [0.29, 0.717) is 19.3 Å². The molecule has 0 bridgehead atoms. The first-order valence-electron chi connectivity index (χ1n) is 24.6. The molecule has 0 N–H and O–H groups in total. The third-order valence-corrected chi connectivity index (χ3v) is 10.1. The maximum Gasteiger partial charge on any atom is 0.306 e. The number of hydrogen-bond donors (Lipinski definition) is 0. The number of esters is 3. The second-order valence-electron chi connectivity index (χ2n) is 16.0. The molecule has 0 aliphatic carbocycles. The minimum Gasteiger partial charge on any atom is -0.462 e. The summed E-state index contributed by atoms with van der Waals surface area (Å²) in [5.74, 6) is -0.935. The molecule has 6 heteroatoms. The third kappa shape index (κ3) is 45.7. The van der Waals surface area contributed by atoms with Gasteiger partial charge in [-0.25, -0.2) is 0 Å². The largest absolute Gasteiger partial charge is 0.462 e. The van der Waals surface area contributed by atoms with Crippen LogP contribution in [0.5, 0.6) is 0 Å². The number of carbonyl (C=O) groups is 3. The van der Waals surface area contributed by atoms with Crippen molar-refractivity contribution in [3.8, 4) is 0 Å². The molecule has 342 valence electrons. The van der Waals surface area contributed by atoms with Crippen LogP contribution in [0.1, 0.15) is 220 Å². The number of rotatable bonds is 43.